The molecule has 0 fully saturated rings. The molecule has 0 saturated heterocycles. The zero-order chi connectivity index (χ0) is 22.0. The van der Waals surface area contributed by atoms with Gasteiger partial charge in [0.05, 0.1) is 0 Å². The minimum absolute atomic E-state index is 0.829. The fraction of sp³-hybridized carbons (Fsp3) is 1.00. The molecule has 0 amide bonds. The number of hydrogen-bond donors (Lipinski definition) is 0. The van der Waals surface area contributed by atoms with Crippen LogP contribution in [0.1, 0.15) is 0 Å². The molecule has 1 atom stereocenters. The SMILES string of the molecule is [O]C(Br)(C(Br)(Br)Br)C(Br)(Br)C(Br)(Br)C(Br)(Br)C(Br)(Br)C(Br)(Br)C(Br)(Br)Br. The topological polar surface area (TPSA) is 19.9 Å². The van der Waals surface area contributed by atoms with Gasteiger partial charge in [-0.1, -0.05) is 255 Å². The van der Waals surface area contributed by atoms with E-state index in [9.17, 15) is 5.11 Å². The van der Waals surface area contributed by atoms with Crippen LogP contribution in [-0.4, -0.2) is 25.0 Å². The van der Waals surface area contributed by atoms with E-state index >= 15 is 0 Å². The van der Waals surface area contributed by atoms with E-state index in [0.29, 0.717) is 0 Å². The Morgan fingerprint density at radius 1 is 0.308 bits per heavy atom. The molecule has 0 N–H and O–H groups in total. The van der Waals surface area contributed by atoms with Crippen molar-refractivity contribution in [2.75, 3.05) is 0 Å². The highest BCUT2D eigenvalue weighted by molar-refractivity contribution is 9.42. The fourth-order valence-corrected chi connectivity index (χ4v) is 15.5. The molecule has 0 aromatic heterocycles. The van der Waals surface area contributed by atoms with Crippen molar-refractivity contribution in [2.45, 2.75) is 25.0 Å². The molecule has 0 aromatic carbocycles. The van der Waals surface area contributed by atoms with Crippen LogP contribution in [0.3, 0.4) is 0 Å². The van der Waals surface area contributed by atoms with Crippen molar-refractivity contribution in [3.63, 3.8) is 0 Å². The minimum atomic E-state index is -1.92. The van der Waals surface area contributed by atoms with Gasteiger partial charge in [0.1, 0.15) is 12.9 Å². The number of hydrogen-bond acceptors (Lipinski definition) is 0. The second kappa shape index (κ2) is 10.8. The molecule has 0 aliphatic carbocycles. The summed E-state index contributed by atoms with van der Waals surface area (Å²) in [6.45, 7) is 0. The van der Waals surface area contributed by atoms with Crippen LogP contribution in [0.25, 0.3) is 0 Å². The van der Waals surface area contributed by atoms with E-state index in [-0.39, 0.29) is 0 Å². The third-order valence-electron chi connectivity index (χ3n) is 2.70. The lowest BCUT2D eigenvalue weighted by Crippen LogP contribution is -2.68. The summed E-state index contributed by atoms with van der Waals surface area (Å²) in [6.07, 6.45) is 0. The maximum Gasteiger partial charge on any atom is 0.219 e. The average Bonchev–Trinajstić information content (AvgIpc) is 2.34. The molecule has 0 bridgehead atoms. The Kier molecular flexibility index (Phi) is 14.2. The van der Waals surface area contributed by atoms with Crippen molar-refractivity contribution < 1.29 is 5.11 Å². The average molecular weight is 1470 g/mol. The highest BCUT2D eigenvalue weighted by atomic mass is 80.0. The zero-order valence-corrected chi connectivity index (χ0v) is 37.8. The van der Waals surface area contributed by atoms with Gasteiger partial charge in [0.2, 0.25) is 4.51 Å². The zero-order valence-electron chi connectivity index (χ0n) is 10.8. The van der Waals surface area contributed by atoms with Crippen LogP contribution in [-0.2, 0) is 5.11 Å². The Morgan fingerprint density at radius 2 is 0.538 bits per heavy atom. The Labute approximate surface area is 294 Å². The van der Waals surface area contributed by atoms with Gasteiger partial charge in [0.25, 0.3) is 0 Å². The second-order valence-electron chi connectivity index (χ2n) is 4.46. The van der Waals surface area contributed by atoms with Crippen LogP contribution < -0.4 is 0 Å². The van der Waals surface area contributed by atoms with Gasteiger partial charge in [-0.3, -0.25) is 0 Å². The fourth-order valence-electron chi connectivity index (χ4n) is 1.15. The Balaban J connectivity index is 6.61. The summed E-state index contributed by atoms with van der Waals surface area (Å²) >= 11 is 60.0. The molecular weight excluding hydrogens is 1470 g/mol. The van der Waals surface area contributed by atoms with E-state index in [2.05, 4.69) is 271 Å². The van der Waals surface area contributed by atoms with Crippen LogP contribution in [0, 0.1) is 0 Å². The molecule has 1 unspecified atom stereocenters. The molecule has 26 heavy (non-hydrogen) atoms. The molecule has 0 aliphatic heterocycles. The molecule has 0 heterocycles. The van der Waals surface area contributed by atoms with Crippen LogP contribution in [0.4, 0.5) is 0 Å². The molecule has 0 spiro atoms. The molecule has 0 rings (SSSR count). The number of halogens is 17. The Morgan fingerprint density at radius 3 is 0.769 bits per heavy atom. The van der Waals surface area contributed by atoms with Gasteiger partial charge in [-0.2, -0.15) is 0 Å². The maximum atomic E-state index is 13.5. The van der Waals surface area contributed by atoms with Crippen LogP contribution in [0.2, 0.25) is 0 Å². The molecule has 18 heteroatoms. The van der Waals surface area contributed by atoms with E-state index in [1.54, 1.807) is 0 Å². The smallest absolute Gasteiger partial charge is 0.211 e. The summed E-state index contributed by atoms with van der Waals surface area (Å²) < 4.78 is -9.75. The lowest BCUT2D eigenvalue weighted by Gasteiger charge is -2.56. The van der Waals surface area contributed by atoms with Gasteiger partial charge in [-0.15, -0.1) is 0 Å². The van der Waals surface area contributed by atoms with Crippen molar-refractivity contribution >= 4 is 271 Å². The van der Waals surface area contributed by atoms with Gasteiger partial charge in [-0.05, 0) is 15.9 Å². The van der Waals surface area contributed by atoms with Crippen molar-refractivity contribution in [2.24, 2.45) is 0 Å². The normalized spacial score (nSPS) is 18.7. The Hall–Kier alpha value is 8.12. The molecule has 1 radical (unpaired) electrons. The largest absolute Gasteiger partial charge is 0.219 e. The van der Waals surface area contributed by atoms with Gasteiger partial charge >= 0.3 is 0 Å². The van der Waals surface area contributed by atoms with E-state index in [1.807, 2.05) is 0 Å². The molecule has 157 valence electrons. The van der Waals surface area contributed by atoms with E-state index in [4.69, 9.17) is 0 Å². The molecular formula is C8Br17O. The summed E-state index contributed by atoms with van der Waals surface area (Å²) in [6, 6.07) is 0. The minimum Gasteiger partial charge on any atom is -0.211 e. The second-order valence-corrected chi connectivity index (χ2v) is 36.3. The third-order valence-corrected chi connectivity index (χ3v) is 33.5. The molecule has 1 nitrogen and oxygen atoms in total. The standard InChI is InChI=1S/C8Br17O/c9-1(10,3(13,14)5(17,18)7(20,21)22)2(11,12)4(15,16)6(19,26)8(23,24)25. The predicted molar refractivity (Wildman–Crippen MR) is 174 cm³/mol. The summed E-state index contributed by atoms with van der Waals surface area (Å²) in [5.41, 5.74) is 0. The summed E-state index contributed by atoms with van der Waals surface area (Å²) in [7, 11) is 0. The first-order chi connectivity index (χ1) is 10.8. The highest BCUT2D eigenvalue weighted by Gasteiger charge is 2.78. The quantitative estimate of drug-likeness (QED) is 0.245. The maximum absolute atomic E-state index is 13.5. The third kappa shape index (κ3) is 6.15. The van der Waals surface area contributed by atoms with Crippen molar-refractivity contribution in [1.82, 2.24) is 0 Å². The summed E-state index contributed by atoms with van der Waals surface area (Å²) in [4.78, 5) is 0. The van der Waals surface area contributed by atoms with Gasteiger partial charge in [0, 0.05) is 0 Å². The van der Waals surface area contributed by atoms with Gasteiger partial charge in [-0.25, -0.2) is 5.11 Å². The molecule has 0 saturated carbocycles. The lowest BCUT2D eigenvalue weighted by atomic mass is 10.1. The van der Waals surface area contributed by atoms with E-state index in [1.165, 1.54) is 0 Å². The molecule has 0 aliphatic rings. The van der Waals surface area contributed by atoms with Gasteiger partial charge < -0.3 is 0 Å². The first-order valence-electron chi connectivity index (χ1n) is 5.17. The summed E-state index contributed by atoms with van der Waals surface area (Å²) in [5.74, 6) is 0. The van der Waals surface area contributed by atoms with Crippen LogP contribution in [0.5, 0.6) is 0 Å². The van der Waals surface area contributed by atoms with Crippen LogP contribution in [0.15, 0.2) is 0 Å². The van der Waals surface area contributed by atoms with Crippen molar-refractivity contribution in [1.29, 1.82) is 0 Å². The van der Waals surface area contributed by atoms with E-state index in [0.717, 1.165) is 0 Å². The Bertz CT molecular complexity index is 474. The van der Waals surface area contributed by atoms with Crippen molar-refractivity contribution in [3.05, 3.63) is 0 Å². The monoisotopic (exact) mass is 1450 g/mol. The predicted octanol–water partition coefficient (Wildman–Crippen LogP) is 12.6. The van der Waals surface area contributed by atoms with Crippen molar-refractivity contribution in [3.8, 4) is 0 Å². The van der Waals surface area contributed by atoms with Gasteiger partial charge in [0.15, 0.2) is 7.52 Å². The van der Waals surface area contributed by atoms with Crippen LogP contribution >= 0.6 is 271 Å². The lowest BCUT2D eigenvalue weighted by molar-refractivity contribution is 0.0643. The first-order valence-corrected chi connectivity index (χ1v) is 18.6. The highest BCUT2D eigenvalue weighted by Crippen LogP contribution is 2.77. The van der Waals surface area contributed by atoms with E-state index < -0.39 is 25.0 Å². The molecule has 0 aromatic rings. The first kappa shape index (κ1) is 34.1. The number of rotatable bonds is 5. The summed E-state index contributed by atoms with van der Waals surface area (Å²) in [5, 5.41) is 13.5. The number of alkyl halides is 17.